The van der Waals surface area contributed by atoms with Gasteiger partial charge in [0.05, 0.1) is 10.6 Å². The lowest BCUT2D eigenvalue weighted by Crippen LogP contribution is -2.26. The molecule has 1 N–H and O–H groups in total. The van der Waals surface area contributed by atoms with Crippen LogP contribution in [0.2, 0.25) is 5.02 Å². The van der Waals surface area contributed by atoms with Crippen molar-refractivity contribution in [3.05, 3.63) is 45.8 Å². The normalized spacial score (nSPS) is 11.8. The summed E-state index contributed by atoms with van der Waals surface area (Å²) in [6, 6.07) is 4.68. The molecule has 1 aromatic carbocycles. The van der Waals surface area contributed by atoms with Gasteiger partial charge in [-0.3, -0.25) is 0 Å². The Bertz CT molecular complexity index is 734. The lowest BCUT2D eigenvalue weighted by molar-refractivity contribution is 0.392. The van der Waals surface area contributed by atoms with Crippen LogP contribution in [0.25, 0.3) is 0 Å². The first-order chi connectivity index (χ1) is 9.81. The van der Waals surface area contributed by atoms with Crippen molar-refractivity contribution < 1.29 is 12.9 Å². The third kappa shape index (κ3) is 3.64. The predicted molar refractivity (Wildman–Crippen MR) is 81.1 cm³/mol. The number of halogens is 1. The fourth-order valence-corrected chi connectivity index (χ4v) is 3.30. The molecule has 0 aliphatic rings. The largest absolute Gasteiger partial charge is 0.361 e. The molecule has 1 heterocycles. The van der Waals surface area contributed by atoms with Gasteiger partial charge in [-0.15, -0.1) is 0 Å². The molecule has 114 valence electrons. The number of aryl methyl sites for hydroxylation is 3. The third-order valence-corrected chi connectivity index (χ3v) is 5.17. The topological polar surface area (TPSA) is 72.2 Å². The Hall–Kier alpha value is -1.37. The van der Waals surface area contributed by atoms with Gasteiger partial charge < -0.3 is 4.52 Å². The second-order valence-corrected chi connectivity index (χ2v) is 7.04. The van der Waals surface area contributed by atoms with E-state index in [1.54, 1.807) is 12.1 Å². The van der Waals surface area contributed by atoms with E-state index in [4.69, 9.17) is 16.1 Å². The summed E-state index contributed by atoms with van der Waals surface area (Å²) in [5.41, 5.74) is 2.55. The smallest absolute Gasteiger partial charge is 0.240 e. The highest BCUT2D eigenvalue weighted by atomic mass is 35.5. The van der Waals surface area contributed by atoms with Gasteiger partial charge in [0.25, 0.3) is 0 Å². The monoisotopic (exact) mass is 328 g/mol. The van der Waals surface area contributed by atoms with Crippen LogP contribution in [0.3, 0.4) is 0 Å². The van der Waals surface area contributed by atoms with Crippen LogP contribution in [0.15, 0.2) is 27.6 Å². The summed E-state index contributed by atoms with van der Waals surface area (Å²) in [5, 5.41) is 4.27. The first-order valence-electron chi connectivity index (χ1n) is 6.49. The first-order valence-corrected chi connectivity index (χ1v) is 8.35. The fourth-order valence-electron chi connectivity index (χ4n) is 1.99. The molecule has 2 rings (SSSR count). The lowest BCUT2D eigenvalue weighted by atomic mass is 10.1. The number of benzene rings is 1. The van der Waals surface area contributed by atoms with Crippen LogP contribution in [-0.2, 0) is 16.4 Å². The van der Waals surface area contributed by atoms with Crippen LogP contribution >= 0.6 is 11.6 Å². The number of hydrogen-bond acceptors (Lipinski definition) is 4. The Morgan fingerprint density at radius 2 is 2.00 bits per heavy atom. The summed E-state index contributed by atoms with van der Waals surface area (Å²) in [6.45, 7) is 5.74. The SMILES string of the molecule is Cc1ccc(S(=O)(=O)NCCc2c(C)noc2C)cc1Cl. The van der Waals surface area contributed by atoms with Gasteiger partial charge in [-0.25, -0.2) is 13.1 Å². The van der Waals surface area contributed by atoms with Crippen molar-refractivity contribution in [3.8, 4) is 0 Å². The Morgan fingerprint density at radius 1 is 1.29 bits per heavy atom. The van der Waals surface area contributed by atoms with E-state index < -0.39 is 10.0 Å². The van der Waals surface area contributed by atoms with E-state index in [0.717, 1.165) is 16.8 Å². The number of sulfonamides is 1. The molecule has 1 aromatic heterocycles. The molecule has 0 radical (unpaired) electrons. The molecule has 0 fully saturated rings. The van der Waals surface area contributed by atoms with Gasteiger partial charge in [0.15, 0.2) is 0 Å². The minimum Gasteiger partial charge on any atom is -0.361 e. The van der Waals surface area contributed by atoms with E-state index in [1.165, 1.54) is 6.07 Å². The van der Waals surface area contributed by atoms with Gasteiger partial charge in [0, 0.05) is 17.1 Å². The highest BCUT2D eigenvalue weighted by molar-refractivity contribution is 7.89. The summed E-state index contributed by atoms with van der Waals surface area (Å²) in [5.74, 6) is 0.713. The van der Waals surface area contributed by atoms with Gasteiger partial charge in [-0.05, 0) is 44.9 Å². The van der Waals surface area contributed by atoms with E-state index in [-0.39, 0.29) is 11.4 Å². The molecular formula is C14H17ClN2O3S. The van der Waals surface area contributed by atoms with Gasteiger partial charge in [-0.1, -0.05) is 22.8 Å². The van der Waals surface area contributed by atoms with Crippen molar-refractivity contribution in [1.82, 2.24) is 9.88 Å². The van der Waals surface area contributed by atoms with Crippen molar-refractivity contribution >= 4 is 21.6 Å². The van der Waals surface area contributed by atoms with E-state index in [1.807, 2.05) is 20.8 Å². The molecule has 0 bridgehead atoms. The molecule has 0 amide bonds. The maximum absolute atomic E-state index is 12.2. The standard InChI is InChI=1S/C14H17ClN2O3S/c1-9-4-5-12(8-14(9)15)21(18,19)16-7-6-13-10(2)17-20-11(13)3/h4-5,8,16H,6-7H2,1-3H3. The molecule has 0 saturated carbocycles. The molecule has 0 atom stereocenters. The van der Waals surface area contributed by atoms with Crippen molar-refractivity contribution in [2.75, 3.05) is 6.54 Å². The van der Waals surface area contributed by atoms with Crippen LogP contribution in [0.4, 0.5) is 0 Å². The molecule has 5 nitrogen and oxygen atoms in total. The minimum atomic E-state index is -3.56. The summed E-state index contributed by atoms with van der Waals surface area (Å²) in [7, 11) is -3.56. The highest BCUT2D eigenvalue weighted by Gasteiger charge is 2.16. The number of aromatic nitrogens is 1. The maximum Gasteiger partial charge on any atom is 0.240 e. The van der Waals surface area contributed by atoms with Crippen molar-refractivity contribution in [1.29, 1.82) is 0 Å². The van der Waals surface area contributed by atoms with Gasteiger partial charge in [0.2, 0.25) is 10.0 Å². The maximum atomic E-state index is 12.2. The number of hydrogen-bond donors (Lipinski definition) is 1. The van der Waals surface area contributed by atoms with Crippen LogP contribution in [0.5, 0.6) is 0 Å². The number of nitrogens with zero attached hydrogens (tertiary/aromatic N) is 1. The summed E-state index contributed by atoms with van der Waals surface area (Å²) >= 11 is 5.96. The average Bonchev–Trinajstić information content (AvgIpc) is 2.73. The van der Waals surface area contributed by atoms with E-state index in [9.17, 15) is 8.42 Å². The van der Waals surface area contributed by atoms with Crippen LogP contribution in [0, 0.1) is 20.8 Å². The molecule has 7 heteroatoms. The minimum absolute atomic E-state index is 0.164. The number of rotatable bonds is 5. The average molecular weight is 329 g/mol. The summed E-state index contributed by atoms with van der Waals surface area (Å²) in [4.78, 5) is 0.164. The Balaban J connectivity index is 2.06. The zero-order chi connectivity index (χ0) is 15.6. The molecule has 0 saturated heterocycles. The molecule has 2 aromatic rings. The summed E-state index contributed by atoms with van der Waals surface area (Å²) < 4.78 is 32.0. The van der Waals surface area contributed by atoms with E-state index >= 15 is 0 Å². The second-order valence-electron chi connectivity index (χ2n) is 4.86. The molecule has 0 unspecified atom stereocenters. The van der Waals surface area contributed by atoms with Crippen molar-refractivity contribution in [2.45, 2.75) is 32.1 Å². The zero-order valence-corrected chi connectivity index (χ0v) is 13.7. The first kappa shape index (κ1) is 16.0. The van der Waals surface area contributed by atoms with E-state index in [2.05, 4.69) is 9.88 Å². The Kier molecular flexibility index (Phi) is 4.70. The molecular weight excluding hydrogens is 312 g/mol. The van der Waals surface area contributed by atoms with Crippen LogP contribution in [-0.4, -0.2) is 20.1 Å². The molecule has 0 aliphatic carbocycles. The lowest BCUT2D eigenvalue weighted by Gasteiger charge is -2.08. The Morgan fingerprint density at radius 3 is 2.57 bits per heavy atom. The van der Waals surface area contributed by atoms with Crippen LogP contribution in [0.1, 0.15) is 22.6 Å². The van der Waals surface area contributed by atoms with Crippen molar-refractivity contribution in [2.24, 2.45) is 0 Å². The van der Waals surface area contributed by atoms with Crippen LogP contribution < -0.4 is 4.72 Å². The third-order valence-electron chi connectivity index (χ3n) is 3.30. The number of nitrogens with one attached hydrogen (secondary N) is 1. The van der Waals surface area contributed by atoms with Crippen molar-refractivity contribution in [3.63, 3.8) is 0 Å². The van der Waals surface area contributed by atoms with Gasteiger partial charge in [-0.2, -0.15) is 0 Å². The zero-order valence-electron chi connectivity index (χ0n) is 12.1. The molecule has 0 aliphatic heterocycles. The second kappa shape index (κ2) is 6.17. The predicted octanol–water partition coefficient (Wildman–Crippen LogP) is 2.77. The highest BCUT2D eigenvalue weighted by Crippen LogP contribution is 2.20. The Labute approximate surface area is 129 Å². The van der Waals surface area contributed by atoms with Gasteiger partial charge >= 0.3 is 0 Å². The fraction of sp³-hybridized carbons (Fsp3) is 0.357. The summed E-state index contributed by atoms with van der Waals surface area (Å²) in [6.07, 6.45) is 0.528. The molecule has 0 spiro atoms. The quantitative estimate of drug-likeness (QED) is 0.916. The molecule has 21 heavy (non-hydrogen) atoms. The van der Waals surface area contributed by atoms with Gasteiger partial charge in [0.1, 0.15) is 5.76 Å². The van der Waals surface area contributed by atoms with E-state index in [0.29, 0.717) is 17.2 Å².